The number of imidazole rings is 1. The number of carbonyl (C=O) groups is 4. The normalized spacial score (nSPS) is 21.2. The minimum Gasteiger partial charge on any atom is -0.457 e. The summed E-state index contributed by atoms with van der Waals surface area (Å²) < 4.78 is 14.1. The van der Waals surface area contributed by atoms with E-state index in [0.717, 1.165) is 14.7 Å². The molecular formula is C27H34N5O7S2+. The van der Waals surface area contributed by atoms with Gasteiger partial charge < -0.3 is 30.5 Å². The first-order chi connectivity index (χ1) is 19.5. The minimum atomic E-state index is -0.930. The van der Waals surface area contributed by atoms with Crippen LogP contribution in [-0.2, 0) is 30.4 Å². The van der Waals surface area contributed by atoms with E-state index in [0.29, 0.717) is 12.1 Å². The summed E-state index contributed by atoms with van der Waals surface area (Å²) in [6.07, 6.45) is 7.20. The largest absolute Gasteiger partial charge is 0.457 e. The van der Waals surface area contributed by atoms with E-state index in [2.05, 4.69) is 18.5 Å². The van der Waals surface area contributed by atoms with Gasteiger partial charge in [0.1, 0.15) is 31.1 Å². The number of rotatable bonds is 13. The number of carbonyl (C=O) groups excluding carboxylic acids is 4. The second-order valence-corrected chi connectivity index (χ2v) is 11.6. The van der Waals surface area contributed by atoms with Crippen molar-refractivity contribution >= 4 is 57.4 Å². The third kappa shape index (κ3) is 5.63. The number of nitrogens with zero attached hydrogens (tertiary/aromatic N) is 3. The van der Waals surface area contributed by atoms with E-state index < -0.39 is 36.0 Å². The van der Waals surface area contributed by atoms with Crippen molar-refractivity contribution in [1.82, 2.24) is 14.6 Å². The number of hydrogen-bond acceptors (Lipinski definition) is 9. The number of nitrogens with two attached hydrogens (primary N) is 1. The zero-order valence-corrected chi connectivity index (χ0v) is 24.7. The van der Waals surface area contributed by atoms with E-state index in [1.165, 1.54) is 40.2 Å². The number of aliphatic hydroxyl groups excluding tert-OH is 1. The molecule has 0 aromatic carbocycles. The van der Waals surface area contributed by atoms with E-state index in [-0.39, 0.29) is 43.2 Å². The fraction of sp³-hybridized carbons (Fsp3) is 0.444. The summed E-state index contributed by atoms with van der Waals surface area (Å²) in [5.74, 6) is -2.39. The van der Waals surface area contributed by atoms with Gasteiger partial charge in [-0.25, -0.2) is 14.2 Å². The second kappa shape index (κ2) is 12.5. The summed E-state index contributed by atoms with van der Waals surface area (Å²) in [5.41, 5.74) is 6.40. The monoisotopic (exact) mass is 604 g/mol. The van der Waals surface area contributed by atoms with Gasteiger partial charge in [-0.1, -0.05) is 55.3 Å². The van der Waals surface area contributed by atoms with Crippen LogP contribution in [0.5, 0.6) is 0 Å². The number of alkyl carbamates (subject to hydrolysis) is 1. The Balaban J connectivity index is 1.64. The van der Waals surface area contributed by atoms with E-state index in [1.54, 1.807) is 6.92 Å². The molecule has 0 spiro atoms. The van der Waals surface area contributed by atoms with Gasteiger partial charge in [0.25, 0.3) is 6.33 Å². The lowest BCUT2D eigenvalue weighted by Crippen LogP contribution is -2.63. The van der Waals surface area contributed by atoms with Crippen LogP contribution in [-0.4, -0.2) is 75.9 Å². The lowest BCUT2D eigenvalue weighted by molar-refractivity contribution is -0.730. The van der Waals surface area contributed by atoms with Gasteiger partial charge in [0, 0.05) is 17.9 Å². The fourth-order valence-corrected chi connectivity index (χ4v) is 7.59. The molecule has 41 heavy (non-hydrogen) atoms. The number of fused-ring (bicyclic) bond motifs is 2. The Kier molecular flexibility index (Phi) is 9.24. The molecular weight excluding hydrogens is 570 g/mol. The highest BCUT2D eigenvalue weighted by Crippen LogP contribution is 2.52. The summed E-state index contributed by atoms with van der Waals surface area (Å²) in [4.78, 5) is 53.1. The molecule has 4 heterocycles. The van der Waals surface area contributed by atoms with Gasteiger partial charge in [-0.2, -0.15) is 4.40 Å². The van der Waals surface area contributed by atoms with Gasteiger partial charge in [-0.15, -0.1) is 0 Å². The molecule has 14 heteroatoms. The van der Waals surface area contributed by atoms with Crippen molar-refractivity contribution in [3.63, 3.8) is 0 Å². The van der Waals surface area contributed by atoms with Gasteiger partial charge >= 0.3 is 12.1 Å². The number of aromatic nitrogens is 2. The van der Waals surface area contributed by atoms with Crippen LogP contribution in [0.4, 0.5) is 4.79 Å². The highest BCUT2D eigenvalue weighted by molar-refractivity contribution is 7.98. The Morgan fingerprint density at radius 3 is 2.59 bits per heavy atom. The number of hydrogen-bond donors (Lipinski definition) is 3. The van der Waals surface area contributed by atoms with E-state index in [4.69, 9.17) is 15.2 Å². The molecule has 1 saturated heterocycles. The lowest BCUT2D eigenvalue weighted by atomic mass is 9.77. The summed E-state index contributed by atoms with van der Waals surface area (Å²) in [7, 11) is 0. The van der Waals surface area contributed by atoms with Crippen LogP contribution in [0.15, 0.2) is 48.6 Å². The number of aliphatic hydroxyl groups is 1. The number of nitrogens with one attached hydrogen (secondary N) is 1. The second-order valence-electron chi connectivity index (χ2n) is 9.80. The van der Waals surface area contributed by atoms with Crippen LogP contribution >= 0.6 is 23.1 Å². The van der Waals surface area contributed by atoms with E-state index in [9.17, 15) is 24.3 Å². The van der Waals surface area contributed by atoms with Crippen molar-refractivity contribution in [2.24, 2.45) is 17.6 Å². The van der Waals surface area contributed by atoms with Crippen LogP contribution in [0, 0.1) is 11.8 Å². The third-order valence-electron chi connectivity index (χ3n) is 7.19. The van der Waals surface area contributed by atoms with E-state index >= 15 is 0 Å². The van der Waals surface area contributed by atoms with Crippen molar-refractivity contribution in [3.8, 4) is 0 Å². The molecule has 5 atom stereocenters. The lowest BCUT2D eigenvalue weighted by Gasteiger charge is -2.46. The highest BCUT2D eigenvalue weighted by Gasteiger charge is 2.60. The van der Waals surface area contributed by atoms with Crippen molar-refractivity contribution < 1.29 is 38.3 Å². The number of amides is 3. The SMILES string of the molecule is C=CCOC(=O)NC(CC[n+]1cn2cc(C3=C(C(=O)OCC=C)N4C(=O)[C@H]([C@@H](C)O)[C@H]4[C@H]3C)sc2c1SC)C(N)=O. The van der Waals surface area contributed by atoms with Crippen molar-refractivity contribution in [2.45, 2.75) is 50.0 Å². The van der Waals surface area contributed by atoms with Crippen LogP contribution < -0.4 is 15.6 Å². The molecule has 4 N–H and O–H groups in total. The molecule has 2 aromatic heterocycles. The number of thioether (sulfide) groups is 1. The molecule has 4 rings (SSSR count). The Bertz CT molecular complexity index is 1430. The average Bonchev–Trinajstić information content (AvgIpc) is 3.54. The van der Waals surface area contributed by atoms with Crippen LogP contribution in [0.1, 0.15) is 25.1 Å². The standard InChI is InChI=1S/C27H33N5O7S2/c1-6-10-38-26(36)21-18(14(3)20-19(15(4)33)23(35)32(20)21)17-12-31-13-30(24(40-5)25(31)41-17)9-8-16(22(28)34)29-27(37)39-11-7-2/h6-7,12-16,19-20,33H,1-2,8-11H2,3-5H3,(H2-,28,29,34,37)/p+1/t14-,15+,16?,19+,20+/m0/s1. The van der Waals surface area contributed by atoms with Crippen molar-refractivity contribution in [1.29, 1.82) is 0 Å². The fourth-order valence-electron chi connectivity index (χ4n) is 5.38. The zero-order valence-electron chi connectivity index (χ0n) is 23.1. The van der Waals surface area contributed by atoms with Gasteiger partial charge in [-0.3, -0.25) is 9.59 Å². The first kappa shape index (κ1) is 30.3. The molecule has 2 aliphatic heterocycles. The van der Waals surface area contributed by atoms with Crippen LogP contribution in [0.2, 0.25) is 0 Å². The molecule has 3 amide bonds. The average molecular weight is 605 g/mol. The van der Waals surface area contributed by atoms with Crippen LogP contribution in [0.25, 0.3) is 10.4 Å². The minimum absolute atomic E-state index is 0.00643. The van der Waals surface area contributed by atoms with Gasteiger partial charge in [-0.05, 0) is 13.2 Å². The Morgan fingerprint density at radius 2 is 1.98 bits per heavy atom. The summed E-state index contributed by atoms with van der Waals surface area (Å²) in [5, 5.41) is 13.6. The Labute approximate surface area is 245 Å². The number of ether oxygens (including phenoxy) is 2. The molecule has 2 aliphatic rings. The summed E-state index contributed by atoms with van der Waals surface area (Å²) >= 11 is 2.97. The van der Waals surface area contributed by atoms with Crippen molar-refractivity contribution in [2.75, 3.05) is 19.5 Å². The molecule has 0 bridgehead atoms. The van der Waals surface area contributed by atoms with Crippen molar-refractivity contribution in [3.05, 3.63) is 48.4 Å². The van der Waals surface area contributed by atoms with E-state index in [1.807, 2.05) is 34.7 Å². The van der Waals surface area contributed by atoms with Gasteiger partial charge in [0.15, 0.2) is 0 Å². The highest BCUT2D eigenvalue weighted by atomic mass is 32.2. The first-order valence-electron chi connectivity index (χ1n) is 13.0. The summed E-state index contributed by atoms with van der Waals surface area (Å²) in [6, 6.07) is -1.27. The molecule has 0 aliphatic carbocycles. The maximum absolute atomic E-state index is 13.1. The van der Waals surface area contributed by atoms with Gasteiger partial charge in [0.2, 0.25) is 21.7 Å². The molecule has 0 saturated carbocycles. The maximum Gasteiger partial charge on any atom is 0.408 e. The first-order valence-corrected chi connectivity index (χ1v) is 15.0. The van der Waals surface area contributed by atoms with Crippen LogP contribution in [0.3, 0.4) is 0 Å². The molecule has 2 aromatic rings. The van der Waals surface area contributed by atoms with Gasteiger partial charge in [0.05, 0.1) is 29.5 Å². The molecule has 12 nitrogen and oxygen atoms in total. The summed E-state index contributed by atoms with van der Waals surface area (Å²) in [6.45, 7) is 11.0. The molecule has 220 valence electrons. The number of aryl methyl sites for hydroxylation is 1. The maximum atomic E-state index is 13.1. The quantitative estimate of drug-likeness (QED) is 0.102. The number of thiazole rings is 1. The number of primary amides is 1. The number of β-lactam (4-membered cyclic amide) rings is 1. The zero-order chi connectivity index (χ0) is 30.0. The Morgan fingerprint density at radius 1 is 1.29 bits per heavy atom. The third-order valence-corrected chi connectivity index (χ3v) is 9.27. The molecule has 1 unspecified atom stereocenters. The predicted octanol–water partition coefficient (Wildman–Crippen LogP) is 1.46. The molecule has 0 radical (unpaired) electrons. The molecule has 1 fully saturated rings. The number of esters is 1. The Hall–Kier alpha value is -3.62. The smallest absolute Gasteiger partial charge is 0.408 e. The predicted molar refractivity (Wildman–Crippen MR) is 153 cm³/mol. The topological polar surface area (TPSA) is 157 Å².